The summed E-state index contributed by atoms with van der Waals surface area (Å²) in [5.74, 6) is -2.14. The zero-order chi connectivity index (χ0) is 47.2. The summed E-state index contributed by atoms with van der Waals surface area (Å²) in [5, 5.41) is 19.0. The number of hydrogen-bond donors (Lipinski definition) is 2. The minimum absolute atomic E-state index is 0.130. The predicted octanol–water partition coefficient (Wildman–Crippen LogP) is 4.35. The molecule has 0 spiro atoms. The topological polar surface area (TPSA) is 199 Å². The molecule has 3 aromatic heterocycles. The van der Waals surface area contributed by atoms with E-state index in [4.69, 9.17) is 19.6 Å². The summed E-state index contributed by atoms with van der Waals surface area (Å²) in [7, 11) is 3.26. The maximum Gasteiger partial charge on any atom is 0.302 e. The molecule has 1 aromatic carbocycles. The molecule has 4 amide bonds. The van der Waals surface area contributed by atoms with Crippen molar-refractivity contribution in [2.24, 2.45) is 17.3 Å². The Kier molecular flexibility index (Phi) is 15.6. The molecule has 5 heterocycles. The van der Waals surface area contributed by atoms with Crippen molar-refractivity contribution in [1.82, 2.24) is 55.3 Å². The number of aromatic nitrogens is 6. The Labute approximate surface area is 381 Å². The Balaban J connectivity index is 1.33. The zero-order valence-corrected chi connectivity index (χ0v) is 39.3. The van der Waals surface area contributed by atoms with Gasteiger partial charge in [-0.2, -0.15) is 4.80 Å². The SMILES string of the molecule is C=CC(=O)N1CC[C@H](C(=O)N(C)[C@H](C(=O)N[C@@H](Cn2nnc(-c3ccc4c(c3)c(CC(C)(C)COC(C)=O)c(-c3cccnc3[C@H](C)OC)n4CC)n2)C(=O)N2CCCCN2)C(C)C)C1. The highest BCUT2D eigenvalue weighted by Crippen LogP contribution is 2.41. The molecule has 0 unspecified atom stereocenters. The third-order valence-corrected chi connectivity index (χ3v) is 12.4. The summed E-state index contributed by atoms with van der Waals surface area (Å²) in [6.07, 6.45) is 5.45. The molecular weight excluding hydrogens is 831 g/mol. The first-order valence-corrected chi connectivity index (χ1v) is 22.6. The Bertz CT molecular complexity index is 2380. The minimum Gasteiger partial charge on any atom is -0.465 e. The van der Waals surface area contributed by atoms with Crippen molar-refractivity contribution in [2.75, 3.05) is 46.9 Å². The summed E-state index contributed by atoms with van der Waals surface area (Å²) >= 11 is 0. The number of likely N-dealkylation sites (N-methyl/N-ethyl adjacent to an activating group) is 1. The quantitative estimate of drug-likeness (QED) is 0.106. The molecule has 6 rings (SSSR count). The number of esters is 1. The van der Waals surface area contributed by atoms with Crippen molar-refractivity contribution in [3.05, 3.63) is 60.4 Å². The first-order chi connectivity index (χ1) is 31.0. The van der Waals surface area contributed by atoms with Crippen LogP contribution >= 0.6 is 0 Å². The summed E-state index contributed by atoms with van der Waals surface area (Å²) in [4.78, 5) is 75.5. The second kappa shape index (κ2) is 20.9. The number of tetrazole rings is 1. The lowest BCUT2D eigenvalue weighted by atomic mass is 9.84. The highest BCUT2D eigenvalue weighted by Gasteiger charge is 2.39. The first kappa shape index (κ1) is 48.4. The highest BCUT2D eigenvalue weighted by atomic mass is 16.5. The fraction of sp³-hybridized carbons (Fsp3) is 0.553. The van der Waals surface area contributed by atoms with Gasteiger partial charge in [0.25, 0.3) is 5.91 Å². The minimum atomic E-state index is -1.11. The van der Waals surface area contributed by atoms with Gasteiger partial charge in [-0.15, -0.1) is 10.2 Å². The molecule has 4 aromatic rings. The standard InChI is InChI=1S/C47H65N11O7/c1-11-39(60)55-23-19-33(26-55)45(62)54(9)41(29(3)4)44(61)50-37(46(63)57-22-14-13-21-49-57)27-58-52-43(51-53-58)32-17-18-38-35(24-32)36(25-47(7,8)28-65-31(6)59)42(56(38)12-2)34-16-15-20-48-40(34)30(5)64-10/h11,15-18,20,24,29-30,33,37,41,49H,1,12-14,19,21-23,25-28H2,2-10H3,(H,50,61)/t30-,33-,37-,41-/m0/s1. The third kappa shape index (κ3) is 10.9. The molecule has 2 saturated heterocycles. The number of fused-ring (bicyclic) bond motifs is 1. The van der Waals surface area contributed by atoms with Gasteiger partial charge in [0, 0.05) is 87.4 Å². The number of hydrogen-bond acceptors (Lipinski definition) is 12. The smallest absolute Gasteiger partial charge is 0.302 e. The number of carbonyl (C=O) groups is 5. The molecular formula is C47H65N11O7. The van der Waals surface area contributed by atoms with Gasteiger partial charge < -0.3 is 29.2 Å². The number of nitrogens with zero attached hydrogens (tertiary/aromatic N) is 9. The number of amides is 4. The van der Waals surface area contributed by atoms with Gasteiger partial charge in [0.15, 0.2) is 0 Å². The summed E-state index contributed by atoms with van der Waals surface area (Å²) in [6.45, 7) is 19.4. The average Bonchev–Trinajstić information content (AvgIpc) is 4.05. The fourth-order valence-electron chi connectivity index (χ4n) is 9.01. The van der Waals surface area contributed by atoms with Crippen molar-refractivity contribution >= 4 is 40.5 Å². The number of hydrazine groups is 1. The number of carbonyl (C=O) groups excluding carboxylic acids is 5. The second-order valence-corrected chi connectivity index (χ2v) is 18.2. The Hall–Kier alpha value is -6.01. The van der Waals surface area contributed by atoms with Gasteiger partial charge >= 0.3 is 5.97 Å². The molecule has 18 nitrogen and oxygen atoms in total. The van der Waals surface area contributed by atoms with Crippen LogP contribution in [-0.4, -0.2) is 133 Å². The maximum atomic E-state index is 14.3. The number of ether oxygens (including phenoxy) is 2. The van der Waals surface area contributed by atoms with Crippen LogP contribution in [0.1, 0.15) is 85.1 Å². The normalized spacial score (nSPS) is 16.9. The molecule has 2 aliphatic rings. The zero-order valence-electron chi connectivity index (χ0n) is 39.3. The predicted molar refractivity (Wildman–Crippen MR) is 244 cm³/mol. The Morgan fingerprint density at radius 3 is 2.54 bits per heavy atom. The van der Waals surface area contributed by atoms with Crippen LogP contribution in [0.5, 0.6) is 0 Å². The molecule has 0 aliphatic carbocycles. The molecule has 0 saturated carbocycles. The Morgan fingerprint density at radius 2 is 1.88 bits per heavy atom. The van der Waals surface area contributed by atoms with E-state index < -0.39 is 29.3 Å². The van der Waals surface area contributed by atoms with Crippen molar-refractivity contribution in [3.63, 3.8) is 0 Å². The van der Waals surface area contributed by atoms with Crippen LogP contribution in [0, 0.1) is 17.3 Å². The van der Waals surface area contributed by atoms with Crippen LogP contribution in [0.4, 0.5) is 0 Å². The second-order valence-electron chi connectivity index (χ2n) is 18.2. The van der Waals surface area contributed by atoms with E-state index in [2.05, 4.69) is 59.0 Å². The summed E-state index contributed by atoms with van der Waals surface area (Å²) in [6, 6.07) is 7.98. The molecule has 2 N–H and O–H groups in total. The average molecular weight is 896 g/mol. The molecule has 0 bridgehead atoms. The van der Waals surface area contributed by atoms with E-state index in [0.29, 0.717) is 50.4 Å². The van der Waals surface area contributed by atoms with Crippen LogP contribution in [0.25, 0.3) is 33.5 Å². The lowest BCUT2D eigenvalue weighted by Gasteiger charge is -2.34. The molecule has 2 fully saturated rings. The van der Waals surface area contributed by atoms with Gasteiger partial charge in [-0.3, -0.25) is 34.0 Å². The largest absolute Gasteiger partial charge is 0.465 e. The van der Waals surface area contributed by atoms with E-state index in [9.17, 15) is 24.0 Å². The van der Waals surface area contributed by atoms with Crippen molar-refractivity contribution in [3.8, 4) is 22.6 Å². The van der Waals surface area contributed by atoms with E-state index in [1.54, 1.807) is 25.3 Å². The first-order valence-electron chi connectivity index (χ1n) is 22.6. The Morgan fingerprint density at radius 1 is 1.11 bits per heavy atom. The van der Waals surface area contributed by atoms with Crippen molar-refractivity contribution in [2.45, 2.75) is 105 Å². The molecule has 350 valence electrons. The van der Waals surface area contributed by atoms with Gasteiger partial charge in [-0.05, 0) is 92.6 Å². The number of aryl methyl sites for hydroxylation is 1. The summed E-state index contributed by atoms with van der Waals surface area (Å²) in [5.41, 5.74) is 8.13. The van der Waals surface area contributed by atoms with Gasteiger partial charge in [-0.1, -0.05) is 34.3 Å². The summed E-state index contributed by atoms with van der Waals surface area (Å²) < 4.78 is 13.6. The fourth-order valence-corrected chi connectivity index (χ4v) is 9.01. The monoisotopic (exact) mass is 896 g/mol. The highest BCUT2D eigenvalue weighted by molar-refractivity contribution is 5.95. The van der Waals surface area contributed by atoms with Crippen LogP contribution in [0.15, 0.2) is 49.2 Å². The number of nitrogens with one attached hydrogen (secondary N) is 2. The molecule has 2 aliphatic heterocycles. The number of pyridine rings is 1. The lowest BCUT2D eigenvalue weighted by molar-refractivity contribution is -0.146. The van der Waals surface area contributed by atoms with Crippen molar-refractivity contribution < 1.29 is 33.4 Å². The van der Waals surface area contributed by atoms with E-state index in [-0.39, 0.29) is 55.4 Å². The van der Waals surface area contributed by atoms with Crippen LogP contribution in [0.3, 0.4) is 0 Å². The van der Waals surface area contributed by atoms with E-state index in [1.807, 2.05) is 45.0 Å². The molecule has 0 radical (unpaired) electrons. The van der Waals surface area contributed by atoms with E-state index in [1.165, 1.54) is 27.7 Å². The lowest BCUT2D eigenvalue weighted by Crippen LogP contribution is -2.60. The number of rotatable bonds is 18. The number of benzene rings is 1. The van der Waals surface area contributed by atoms with Crippen LogP contribution < -0.4 is 10.7 Å². The van der Waals surface area contributed by atoms with Gasteiger partial charge in [0.1, 0.15) is 12.1 Å². The van der Waals surface area contributed by atoms with Crippen LogP contribution in [-0.2, 0) is 53.0 Å². The molecule has 65 heavy (non-hydrogen) atoms. The third-order valence-electron chi connectivity index (χ3n) is 12.4. The van der Waals surface area contributed by atoms with Crippen molar-refractivity contribution in [1.29, 1.82) is 0 Å². The van der Waals surface area contributed by atoms with Gasteiger partial charge in [-0.25, -0.2) is 5.43 Å². The van der Waals surface area contributed by atoms with E-state index in [0.717, 1.165) is 46.3 Å². The molecule has 4 atom stereocenters. The van der Waals surface area contributed by atoms with Gasteiger partial charge in [0.05, 0.1) is 36.6 Å². The van der Waals surface area contributed by atoms with Crippen LogP contribution in [0.2, 0.25) is 0 Å². The van der Waals surface area contributed by atoms with Gasteiger partial charge in [0.2, 0.25) is 23.5 Å². The maximum absolute atomic E-state index is 14.3. The van der Waals surface area contributed by atoms with E-state index >= 15 is 0 Å². The molecule has 18 heteroatoms. The number of likely N-dealkylation sites (tertiary alicyclic amines) is 1. The number of methoxy groups -OCH3 is 1.